The third-order valence-corrected chi connectivity index (χ3v) is 8.14. The van der Waals surface area contributed by atoms with Gasteiger partial charge in [-0.1, -0.05) is 115 Å². The first-order chi connectivity index (χ1) is 20.9. The predicted molar refractivity (Wildman–Crippen MR) is 180 cm³/mol. The van der Waals surface area contributed by atoms with Crippen molar-refractivity contribution in [2.24, 2.45) is 0 Å². The minimum absolute atomic E-state index is 1.12. The van der Waals surface area contributed by atoms with Crippen molar-refractivity contribution in [3.05, 3.63) is 170 Å². The van der Waals surface area contributed by atoms with E-state index in [-0.39, 0.29) is 0 Å². The molecule has 0 saturated carbocycles. The van der Waals surface area contributed by atoms with Crippen LogP contribution < -0.4 is 9.80 Å². The Bertz CT molecular complexity index is 1900. The molecule has 0 unspecified atom stereocenters. The quantitative estimate of drug-likeness (QED) is 0.195. The molecule has 0 saturated heterocycles. The molecular weight excluding hydrogens is 508 g/mol. The maximum Gasteiger partial charge on any atom is 0.0561 e. The van der Waals surface area contributed by atoms with E-state index in [1.807, 2.05) is 0 Å². The lowest BCUT2D eigenvalue weighted by molar-refractivity contribution is 1.27. The number of rotatable bonds is 6. The Hall–Kier alpha value is -5.60. The second kappa shape index (κ2) is 10.1. The van der Waals surface area contributed by atoms with Gasteiger partial charge in [-0.3, -0.25) is 0 Å². The monoisotopic (exact) mass is 536 g/mol. The van der Waals surface area contributed by atoms with E-state index in [1.54, 1.807) is 0 Å². The first-order valence-corrected chi connectivity index (χ1v) is 14.4. The lowest BCUT2D eigenvalue weighted by Crippen LogP contribution is -2.14. The molecule has 0 fully saturated rings. The second-order valence-corrected chi connectivity index (χ2v) is 10.6. The molecular formula is C40H28N2. The summed E-state index contributed by atoms with van der Waals surface area (Å²) >= 11 is 0. The fourth-order valence-electron chi connectivity index (χ4n) is 6.33. The molecule has 0 aliphatic rings. The normalized spacial score (nSPS) is 11.3. The average molecular weight is 537 g/mol. The molecule has 8 rings (SSSR count). The highest BCUT2D eigenvalue weighted by molar-refractivity contribution is 6.28. The summed E-state index contributed by atoms with van der Waals surface area (Å²) in [6.07, 6.45) is 0. The van der Waals surface area contributed by atoms with Gasteiger partial charge in [0.1, 0.15) is 0 Å². The van der Waals surface area contributed by atoms with Crippen molar-refractivity contribution in [2.75, 3.05) is 9.80 Å². The fraction of sp³-hybridized carbons (Fsp3) is 0. The molecule has 0 aliphatic carbocycles. The number of para-hydroxylation sites is 4. The largest absolute Gasteiger partial charge is 0.310 e. The van der Waals surface area contributed by atoms with Crippen molar-refractivity contribution in [2.45, 2.75) is 0 Å². The topological polar surface area (TPSA) is 6.48 Å². The van der Waals surface area contributed by atoms with Gasteiger partial charge in [-0.05, 0) is 70.8 Å². The van der Waals surface area contributed by atoms with Crippen molar-refractivity contribution in [1.29, 1.82) is 0 Å². The number of nitrogens with zero attached hydrogens (tertiary/aromatic N) is 2. The molecule has 0 heterocycles. The van der Waals surface area contributed by atoms with E-state index in [2.05, 4.69) is 180 Å². The molecule has 2 nitrogen and oxygen atoms in total. The third kappa shape index (κ3) is 3.96. The van der Waals surface area contributed by atoms with E-state index < -0.39 is 0 Å². The van der Waals surface area contributed by atoms with Gasteiger partial charge in [-0.15, -0.1) is 0 Å². The first-order valence-electron chi connectivity index (χ1n) is 14.4. The minimum atomic E-state index is 1.12. The van der Waals surface area contributed by atoms with Crippen LogP contribution in [0.3, 0.4) is 0 Å². The van der Waals surface area contributed by atoms with E-state index in [0.717, 1.165) is 34.1 Å². The number of hydrogen-bond donors (Lipinski definition) is 0. The molecule has 0 amide bonds. The van der Waals surface area contributed by atoms with Gasteiger partial charge in [0.05, 0.1) is 11.4 Å². The molecule has 8 aromatic carbocycles. The van der Waals surface area contributed by atoms with Crippen molar-refractivity contribution in [3.8, 4) is 0 Å². The molecule has 0 bridgehead atoms. The summed E-state index contributed by atoms with van der Waals surface area (Å²) in [7, 11) is 0. The van der Waals surface area contributed by atoms with E-state index in [9.17, 15) is 0 Å². The zero-order valence-corrected chi connectivity index (χ0v) is 23.1. The average Bonchev–Trinajstić information content (AvgIpc) is 3.07. The molecule has 0 spiro atoms. The molecule has 0 radical (unpaired) electrons. The van der Waals surface area contributed by atoms with Gasteiger partial charge in [0.25, 0.3) is 0 Å². The minimum Gasteiger partial charge on any atom is -0.310 e. The van der Waals surface area contributed by atoms with Gasteiger partial charge in [0.15, 0.2) is 0 Å². The van der Waals surface area contributed by atoms with Gasteiger partial charge in [0.2, 0.25) is 0 Å². The number of anilines is 6. The first kappa shape index (κ1) is 24.2. The van der Waals surface area contributed by atoms with Crippen LogP contribution in [-0.2, 0) is 0 Å². The summed E-state index contributed by atoms with van der Waals surface area (Å²) in [4.78, 5) is 4.78. The van der Waals surface area contributed by atoms with Gasteiger partial charge in [-0.2, -0.15) is 0 Å². The van der Waals surface area contributed by atoms with Crippen molar-refractivity contribution < 1.29 is 0 Å². The van der Waals surface area contributed by atoms with Crippen LogP contribution in [0.4, 0.5) is 34.1 Å². The van der Waals surface area contributed by atoms with Gasteiger partial charge in [-0.25, -0.2) is 0 Å². The molecule has 198 valence electrons. The Morgan fingerprint density at radius 3 is 1.00 bits per heavy atom. The van der Waals surface area contributed by atoms with Crippen molar-refractivity contribution in [1.82, 2.24) is 0 Å². The lowest BCUT2D eigenvalue weighted by Gasteiger charge is -2.32. The molecule has 0 aromatic heterocycles. The molecule has 8 aromatic rings. The Morgan fingerprint density at radius 2 is 0.643 bits per heavy atom. The summed E-state index contributed by atoms with van der Waals surface area (Å²) in [6, 6.07) is 60.9. The summed E-state index contributed by atoms with van der Waals surface area (Å²) in [6.45, 7) is 0. The zero-order chi connectivity index (χ0) is 27.9. The fourth-order valence-corrected chi connectivity index (χ4v) is 6.33. The van der Waals surface area contributed by atoms with Crippen molar-refractivity contribution in [3.63, 3.8) is 0 Å². The van der Waals surface area contributed by atoms with Crippen LogP contribution >= 0.6 is 0 Å². The summed E-state index contributed by atoms with van der Waals surface area (Å²) < 4.78 is 0. The Labute approximate surface area is 245 Å². The predicted octanol–water partition coefficient (Wildman–Crippen LogP) is 11.5. The smallest absolute Gasteiger partial charge is 0.0561 e. The number of hydrogen-bond acceptors (Lipinski definition) is 2. The van der Waals surface area contributed by atoms with E-state index in [4.69, 9.17) is 0 Å². The summed E-state index contributed by atoms with van der Waals surface area (Å²) in [5.41, 5.74) is 6.77. The van der Waals surface area contributed by atoms with Crippen LogP contribution in [0.5, 0.6) is 0 Å². The summed E-state index contributed by atoms with van der Waals surface area (Å²) in [5, 5.41) is 7.56. The van der Waals surface area contributed by atoms with E-state index in [1.165, 1.54) is 32.3 Å². The summed E-state index contributed by atoms with van der Waals surface area (Å²) in [5.74, 6) is 0. The highest BCUT2D eigenvalue weighted by Crippen LogP contribution is 2.49. The van der Waals surface area contributed by atoms with Crippen LogP contribution in [0.15, 0.2) is 170 Å². The SMILES string of the molecule is c1ccc(N(c2ccccc2)c2cc(N(c3ccccc3)c3ccccc3)c3ccc4cccc5ccc2c3c54)cc1. The van der Waals surface area contributed by atoms with Crippen LogP contribution in [-0.4, -0.2) is 0 Å². The Balaban J connectivity index is 1.54. The molecule has 0 atom stereocenters. The Morgan fingerprint density at radius 1 is 0.286 bits per heavy atom. The maximum atomic E-state index is 2.39. The van der Waals surface area contributed by atoms with Crippen LogP contribution in [0.2, 0.25) is 0 Å². The third-order valence-electron chi connectivity index (χ3n) is 8.14. The Kier molecular flexibility index (Phi) is 5.82. The van der Waals surface area contributed by atoms with E-state index >= 15 is 0 Å². The van der Waals surface area contributed by atoms with Gasteiger partial charge < -0.3 is 9.80 Å². The van der Waals surface area contributed by atoms with Crippen LogP contribution in [0.25, 0.3) is 32.3 Å². The molecule has 0 N–H and O–H groups in total. The van der Waals surface area contributed by atoms with Gasteiger partial charge in [0, 0.05) is 38.9 Å². The van der Waals surface area contributed by atoms with Crippen molar-refractivity contribution >= 4 is 66.4 Å². The van der Waals surface area contributed by atoms with Gasteiger partial charge >= 0.3 is 0 Å². The standard InChI is InChI=1S/C40H28N2/c1-5-16-31(17-6-1)41(32-18-7-2-8-19-32)37-28-38(42(33-20-9-3-10-21-33)34-22-11-4-12-23-34)36-27-25-30-15-13-14-29-24-26-35(37)40(36)39(29)30/h1-28H. The number of benzene rings is 8. The van der Waals surface area contributed by atoms with E-state index in [0.29, 0.717) is 0 Å². The van der Waals surface area contributed by atoms with Crippen LogP contribution in [0.1, 0.15) is 0 Å². The molecule has 0 aliphatic heterocycles. The maximum absolute atomic E-state index is 2.39. The molecule has 42 heavy (non-hydrogen) atoms. The van der Waals surface area contributed by atoms with Crippen LogP contribution in [0, 0.1) is 0 Å². The lowest BCUT2D eigenvalue weighted by atomic mass is 9.91. The highest BCUT2D eigenvalue weighted by Gasteiger charge is 2.24. The zero-order valence-electron chi connectivity index (χ0n) is 23.1. The second-order valence-electron chi connectivity index (χ2n) is 10.6. The molecule has 2 heteroatoms. The highest BCUT2D eigenvalue weighted by atomic mass is 15.2.